The van der Waals surface area contributed by atoms with Crippen LogP contribution < -0.4 is 9.47 Å². The van der Waals surface area contributed by atoms with Crippen LogP contribution in [0.1, 0.15) is 35.9 Å². The molecule has 2 aromatic carbocycles. The molecular weight excluding hydrogens is 392 g/mol. The van der Waals surface area contributed by atoms with Gasteiger partial charge in [-0.1, -0.05) is 30.3 Å². The van der Waals surface area contributed by atoms with Crippen LogP contribution in [0.4, 0.5) is 5.69 Å². The van der Waals surface area contributed by atoms with Crippen molar-refractivity contribution in [3.8, 4) is 11.5 Å². The van der Waals surface area contributed by atoms with Crippen molar-refractivity contribution in [3.05, 3.63) is 63.7 Å². The van der Waals surface area contributed by atoms with Crippen LogP contribution in [0.3, 0.4) is 0 Å². The molecule has 0 N–H and O–H groups in total. The van der Waals surface area contributed by atoms with E-state index in [1.807, 2.05) is 13.8 Å². The number of amides is 1. The van der Waals surface area contributed by atoms with Gasteiger partial charge in [0.15, 0.2) is 11.5 Å². The van der Waals surface area contributed by atoms with E-state index < -0.39 is 28.6 Å². The Morgan fingerprint density at radius 2 is 1.60 bits per heavy atom. The third kappa shape index (κ3) is 4.86. The highest BCUT2D eigenvalue weighted by Crippen LogP contribution is 2.35. The fraction of sp³-hybridized carbons (Fsp3) is 0.333. The molecule has 0 aliphatic carbocycles. The van der Waals surface area contributed by atoms with Gasteiger partial charge in [-0.25, -0.2) is 4.79 Å². The minimum absolute atomic E-state index is 0.0968. The van der Waals surface area contributed by atoms with Gasteiger partial charge in [-0.2, -0.15) is 0 Å². The number of carbonyl (C=O) groups excluding carboxylic acids is 2. The molecular formula is C21H24N2O7. The predicted molar refractivity (Wildman–Crippen MR) is 109 cm³/mol. The Labute approximate surface area is 174 Å². The number of methoxy groups -OCH3 is 2. The number of hydrogen-bond acceptors (Lipinski definition) is 7. The van der Waals surface area contributed by atoms with Gasteiger partial charge in [-0.05, 0) is 13.8 Å². The van der Waals surface area contributed by atoms with E-state index in [0.29, 0.717) is 18.7 Å². The number of likely N-dealkylation sites (N-methyl/N-ethyl adjacent to an activating group) is 1. The number of nitrogens with zero attached hydrogens (tertiary/aromatic N) is 2. The Kier molecular flexibility index (Phi) is 7.74. The average Bonchev–Trinajstić information content (AvgIpc) is 2.77. The monoisotopic (exact) mass is 416 g/mol. The molecule has 9 nitrogen and oxygen atoms in total. The summed E-state index contributed by atoms with van der Waals surface area (Å²) in [5.74, 6) is -1.21. The third-order valence-electron chi connectivity index (χ3n) is 4.55. The highest BCUT2D eigenvalue weighted by molar-refractivity contribution is 5.97. The summed E-state index contributed by atoms with van der Waals surface area (Å²) in [5.41, 5.74) is -0.392. The fourth-order valence-corrected chi connectivity index (χ4v) is 2.94. The molecule has 1 atom stereocenters. The lowest BCUT2D eigenvalue weighted by atomic mass is 10.1. The summed E-state index contributed by atoms with van der Waals surface area (Å²) in [7, 11) is 2.67. The maximum absolute atomic E-state index is 13.0. The quantitative estimate of drug-likeness (QED) is 0.350. The molecule has 1 amide bonds. The van der Waals surface area contributed by atoms with E-state index >= 15 is 0 Å². The zero-order valence-corrected chi connectivity index (χ0v) is 17.3. The van der Waals surface area contributed by atoms with Crippen molar-refractivity contribution in [1.82, 2.24) is 4.90 Å². The molecule has 0 heterocycles. The number of benzene rings is 2. The van der Waals surface area contributed by atoms with Crippen molar-refractivity contribution in [2.24, 2.45) is 0 Å². The first-order valence-electron chi connectivity index (χ1n) is 9.32. The Morgan fingerprint density at radius 3 is 2.10 bits per heavy atom. The minimum Gasteiger partial charge on any atom is -0.493 e. The van der Waals surface area contributed by atoms with E-state index in [0.717, 1.165) is 6.07 Å². The van der Waals surface area contributed by atoms with E-state index in [2.05, 4.69) is 0 Å². The van der Waals surface area contributed by atoms with Gasteiger partial charge >= 0.3 is 5.97 Å². The number of nitro groups is 1. The molecule has 2 aromatic rings. The highest BCUT2D eigenvalue weighted by Gasteiger charge is 2.32. The molecule has 0 bridgehead atoms. The van der Waals surface area contributed by atoms with Crippen LogP contribution in [-0.4, -0.2) is 49.0 Å². The molecule has 0 aliphatic rings. The van der Waals surface area contributed by atoms with Crippen LogP contribution in [0.15, 0.2) is 42.5 Å². The summed E-state index contributed by atoms with van der Waals surface area (Å²) in [6.45, 7) is 4.47. The number of nitro benzene ring substituents is 1. The second-order valence-electron chi connectivity index (χ2n) is 6.19. The molecule has 0 radical (unpaired) electrons. The predicted octanol–water partition coefficient (Wildman–Crippen LogP) is 3.38. The summed E-state index contributed by atoms with van der Waals surface area (Å²) in [5, 5.41) is 11.5. The van der Waals surface area contributed by atoms with Crippen molar-refractivity contribution < 1.29 is 28.7 Å². The van der Waals surface area contributed by atoms with Crippen LogP contribution in [0.2, 0.25) is 0 Å². The lowest BCUT2D eigenvalue weighted by Gasteiger charge is -2.25. The Balaban J connectivity index is 2.49. The second-order valence-corrected chi connectivity index (χ2v) is 6.19. The van der Waals surface area contributed by atoms with E-state index in [4.69, 9.17) is 14.2 Å². The Bertz CT molecular complexity index is 911. The van der Waals surface area contributed by atoms with E-state index in [9.17, 15) is 19.7 Å². The van der Waals surface area contributed by atoms with Crippen molar-refractivity contribution in [1.29, 1.82) is 0 Å². The van der Waals surface area contributed by atoms with Crippen molar-refractivity contribution in [3.63, 3.8) is 0 Å². The van der Waals surface area contributed by atoms with Gasteiger partial charge in [0, 0.05) is 24.7 Å². The van der Waals surface area contributed by atoms with Crippen molar-refractivity contribution >= 4 is 17.6 Å². The zero-order valence-electron chi connectivity index (χ0n) is 17.3. The number of rotatable bonds is 9. The first kappa shape index (κ1) is 22.7. The van der Waals surface area contributed by atoms with Crippen molar-refractivity contribution in [2.75, 3.05) is 27.3 Å². The molecule has 2 rings (SSSR count). The number of ether oxygens (including phenoxy) is 3. The fourth-order valence-electron chi connectivity index (χ4n) is 2.94. The summed E-state index contributed by atoms with van der Waals surface area (Å²) >= 11 is 0. The number of esters is 1. The summed E-state index contributed by atoms with van der Waals surface area (Å²) < 4.78 is 15.7. The van der Waals surface area contributed by atoms with Crippen LogP contribution in [0.5, 0.6) is 11.5 Å². The largest absolute Gasteiger partial charge is 0.493 e. The third-order valence-corrected chi connectivity index (χ3v) is 4.55. The van der Waals surface area contributed by atoms with Crippen LogP contribution >= 0.6 is 0 Å². The molecule has 0 fully saturated rings. The first-order valence-corrected chi connectivity index (χ1v) is 9.32. The van der Waals surface area contributed by atoms with Crippen molar-refractivity contribution in [2.45, 2.75) is 20.0 Å². The highest BCUT2D eigenvalue weighted by atomic mass is 16.6. The second kappa shape index (κ2) is 10.2. The van der Waals surface area contributed by atoms with E-state index in [-0.39, 0.29) is 17.1 Å². The molecule has 0 aliphatic heterocycles. The molecule has 0 saturated carbocycles. The van der Waals surface area contributed by atoms with E-state index in [1.54, 1.807) is 30.3 Å². The Hall–Kier alpha value is -3.62. The van der Waals surface area contributed by atoms with Gasteiger partial charge in [0.2, 0.25) is 6.10 Å². The van der Waals surface area contributed by atoms with Crippen LogP contribution in [0, 0.1) is 10.1 Å². The molecule has 9 heteroatoms. The SMILES string of the molecule is CCN(CC)C(=O)[C@H](OC(=O)c1cc(OC)c(OC)cc1[N+](=O)[O-])c1ccccc1. The molecule has 0 spiro atoms. The van der Waals surface area contributed by atoms with Gasteiger partial charge in [-0.15, -0.1) is 0 Å². The molecule has 0 aromatic heterocycles. The average molecular weight is 416 g/mol. The summed E-state index contributed by atoms with van der Waals surface area (Å²) in [6.07, 6.45) is -1.24. The van der Waals surface area contributed by atoms with Gasteiger partial charge in [0.25, 0.3) is 11.6 Å². The smallest absolute Gasteiger partial charge is 0.346 e. The lowest BCUT2D eigenvalue weighted by Crippen LogP contribution is -2.36. The zero-order chi connectivity index (χ0) is 22.3. The number of carbonyl (C=O) groups is 2. The molecule has 0 saturated heterocycles. The topological polar surface area (TPSA) is 108 Å². The molecule has 30 heavy (non-hydrogen) atoms. The van der Waals surface area contributed by atoms with Gasteiger partial charge in [0.05, 0.1) is 25.2 Å². The normalized spacial score (nSPS) is 11.3. The molecule has 0 unspecified atom stereocenters. The first-order chi connectivity index (χ1) is 14.4. The van der Waals surface area contributed by atoms with Gasteiger partial charge in [0.1, 0.15) is 5.56 Å². The van der Waals surface area contributed by atoms with Crippen LogP contribution in [0.25, 0.3) is 0 Å². The van der Waals surface area contributed by atoms with Gasteiger partial charge in [-0.3, -0.25) is 14.9 Å². The Morgan fingerprint density at radius 1 is 1.03 bits per heavy atom. The van der Waals surface area contributed by atoms with Gasteiger partial charge < -0.3 is 19.1 Å². The van der Waals surface area contributed by atoms with E-state index in [1.165, 1.54) is 25.2 Å². The minimum atomic E-state index is -1.24. The standard InChI is InChI=1S/C21H24N2O7/c1-5-22(6-2)20(24)19(14-10-8-7-9-11-14)30-21(25)15-12-17(28-3)18(29-4)13-16(15)23(26)27/h7-13,19H,5-6H2,1-4H3/t19-/m1/s1. The number of hydrogen-bond donors (Lipinski definition) is 0. The molecule has 160 valence electrons. The van der Waals surface area contributed by atoms with Crippen LogP contribution in [-0.2, 0) is 9.53 Å². The summed E-state index contributed by atoms with van der Waals surface area (Å²) in [6, 6.07) is 10.8. The summed E-state index contributed by atoms with van der Waals surface area (Å²) in [4.78, 5) is 38.2. The maximum atomic E-state index is 13.0. The maximum Gasteiger partial charge on any atom is 0.346 e. The lowest BCUT2D eigenvalue weighted by molar-refractivity contribution is -0.385.